The van der Waals surface area contributed by atoms with Crippen molar-refractivity contribution in [1.82, 2.24) is 10.2 Å². The maximum Gasteiger partial charge on any atom is 0.326 e. The van der Waals surface area contributed by atoms with E-state index >= 15 is 0 Å². The minimum Gasteiger partial charge on any atom is -0.480 e. The van der Waals surface area contributed by atoms with Crippen LogP contribution in [0.4, 0.5) is 0 Å². The van der Waals surface area contributed by atoms with Crippen LogP contribution < -0.4 is 5.32 Å². The van der Waals surface area contributed by atoms with Gasteiger partial charge in [0.25, 0.3) is 0 Å². The summed E-state index contributed by atoms with van der Waals surface area (Å²) in [5, 5.41) is 22.1. The summed E-state index contributed by atoms with van der Waals surface area (Å²) >= 11 is 0. The van der Waals surface area contributed by atoms with E-state index in [2.05, 4.69) is 5.32 Å². The van der Waals surface area contributed by atoms with Gasteiger partial charge in [-0.05, 0) is 36.5 Å². The van der Waals surface area contributed by atoms with Crippen LogP contribution in [0.1, 0.15) is 30.0 Å². The van der Waals surface area contributed by atoms with Crippen LogP contribution in [0.3, 0.4) is 0 Å². The van der Waals surface area contributed by atoms with Crippen LogP contribution in [0, 0.1) is 0 Å². The molecule has 0 aromatic heterocycles. The van der Waals surface area contributed by atoms with Crippen molar-refractivity contribution in [3.8, 4) is 0 Å². The van der Waals surface area contributed by atoms with E-state index < -0.39 is 36.0 Å². The van der Waals surface area contributed by atoms with Crippen molar-refractivity contribution in [1.29, 1.82) is 0 Å². The Labute approximate surface area is 175 Å². The van der Waals surface area contributed by atoms with Gasteiger partial charge in [-0.1, -0.05) is 54.6 Å². The van der Waals surface area contributed by atoms with Gasteiger partial charge < -0.3 is 15.1 Å². The zero-order valence-electron chi connectivity index (χ0n) is 16.8. The van der Waals surface area contributed by atoms with Gasteiger partial charge in [0.05, 0.1) is 6.04 Å². The standard InChI is InChI=1S/C23H26N2O5/c1-15(24-19(22(27)28)12-11-16-7-3-2-4-8-16)21(26)25-14-18-10-6-5-9-17(18)13-20(25)23(29)30/h2-10,15,19-20,24H,11-14H2,1H3,(H,27,28)(H,29,30)/t15-,19?,20?/m1/s1. The summed E-state index contributed by atoms with van der Waals surface area (Å²) in [5.41, 5.74) is 2.85. The molecule has 0 saturated carbocycles. The quantitative estimate of drug-likeness (QED) is 0.615. The number of carbonyl (C=O) groups is 3. The average Bonchev–Trinajstić information content (AvgIpc) is 2.75. The number of aryl methyl sites for hydroxylation is 1. The average molecular weight is 410 g/mol. The first-order chi connectivity index (χ1) is 14.4. The van der Waals surface area contributed by atoms with Crippen molar-refractivity contribution in [3.05, 3.63) is 71.3 Å². The zero-order chi connectivity index (χ0) is 21.7. The molecule has 7 nitrogen and oxygen atoms in total. The predicted molar refractivity (Wildman–Crippen MR) is 111 cm³/mol. The number of hydrogen-bond donors (Lipinski definition) is 3. The molecule has 0 bridgehead atoms. The Morgan fingerprint density at radius 3 is 2.30 bits per heavy atom. The van der Waals surface area contributed by atoms with Crippen LogP contribution in [0.2, 0.25) is 0 Å². The number of carbonyl (C=O) groups excluding carboxylic acids is 1. The van der Waals surface area contributed by atoms with E-state index in [1.807, 2.05) is 54.6 Å². The van der Waals surface area contributed by atoms with Gasteiger partial charge in [-0.2, -0.15) is 0 Å². The number of carboxylic acids is 2. The van der Waals surface area contributed by atoms with E-state index in [-0.39, 0.29) is 13.0 Å². The fourth-order valence-corrected chi connectivity index (χ4v) is 3.83. The molecule has 3 atom stereocenters. The molecule has 1 aliphatic heterocycles. The highest BCUT2D eigenvalue weighted by molar-refractivity contribution is 5.88. The van der Waals surface area contributed by atoms with Gasteiger partial charge in [0.15, 0.2) is 0 Å². The van der Waals surface area contributed by atoms with Crippen LogP contribution in [0.5, 0.6) is 0 Å². The number of aliphatic carboxylic acids is 2. The second-order valence-corrected chi connectivity index (χ2v) is 7.60. The number of nitrogens with one attached hydrogen (secondary N) is 1. The Bertz CT molecular complexity index is 915. The van der Waals surface area contributed by atoms with Gasteiger partial charge in [-0.3, -0.25) is 14.9 Å². The molecule has 2 aromatic rings. The molecule has 0 saturated heterocycles. The monoisotopic (exact) mass is 410 g/mol. The summed E-state index contributed by atoms with van der Waals surface area (Å²) in [5.74, 6) is -2.52. The minimum absolute atomic E-state index is 0.194. The van der Waals surface area contributed by atoms with E-state index in [4.69, 9.17) is 0 Å². The van der Waals surface area contributed by atoms with Gasteiger partial charge >= 0.3 is 11.9 Å². The largest absolute Gasteiger partial charge is 0.480 e. The molecule has 30 heavy (non-hydrogen) atoms. The first-order valence-corrected chi connectivity index (χ1v) is 9.99. The normalized spacial score (nSPS) is 17.6. The van der Waals surface area contributed by atoms with Crippen molar-refractivity contribution in [2.75, 3.05) is 0 Å². The highest BCUT2D eigenvalue weighted by Crippen LogP contribution is 2.24. The lowest BCUT2D eigenvalue weighted by molar-refractivity contribution is -0.152. The maximum absolute atomic E-state index is 13.1. The number of amides is 1. The Morgan fingerprint density at radius 1 is 1.03 bits per heavy atom. The minimum atomic E-state index is -1.07. The summed E-state index contributed by atoms with van der Waals surface area (Å²) in [7, 11) is 0. The second kappa shape index (κ2) is 9.54. The molecule has 0 fully saturated rings. The topological polar surface area (TPSA) is 107 Å². The summed E-state index contributed by atoms with van der Waals surface area (Å²) < 4.78 is 0. The van der Waals surface area contributed by atoms with E-state index in [0.29, 0.717) is 12.8 Å². The van der Waals surface area contributed by atoms with Gasteiger partial charge in [-0.25, -0.2) is 4.79 Å². The van der Waals surface area contributed by atoms with Crippen molar-refractivity contribution in [2.24, 2.45) is 0 Å². The number of nitrogens with zero attached hydrogens (tertiary/aromatic N) is 1. The number of fused-ring (bicyclic) bond motifs is 1. The fraction of sp³-hybridized carbons (Fsp3) is 0.348. The van der Waals surface area contributed by atoms with Crippen molar-refractivity contribution < 1.29 is 24.6 Å². The number of hydrogen-bond acceptors (Lipinski definition) is 4. The Kier molecular flexibility index (Phi) is 6.84. The molecule has 0 spiro atoms. The van der Waals surface area contributed by atoms with Crippen LogP contribution in [-0.4, -0.2) is 51.1 Å². The number of benzene rings is 2. The third kappa shape index (κ3) is 5.04. The highest BCUT2D eigenvalue weighted by Gasteiger charge is 2.37. The highest BCUT2D eigenvalue weighted by atomic mass is 16.4. The lowest BCUT2D eigenvalue weighted by atomic mass is 9.93. The molecule has 7 heteroatoms. The van der Waals surface area contributed by atoms with E-state index in [1.54, 1.807) is 6.92 Å². The second-order valence-electron chi connectivity index (χ2n) is 7.60. The smallest absolute Gasteiger partial charge is 0.326 e. The molecule has 0 aliphatic carbocycles. The third-order valence-electron chi connectivity index (χ3n) is 5.50. The van der Waals surface area contributed by atoms with Gasteiger partial charge in [0.1, 0.15) is 12.1 Å². The fourth-order valence-electron chi connectivity index (χ4n) is 3.83. The SMILES string of the molecule is C[C@@H](NC(CCc1ccccc1)C(=O)O)C(=O)N1Cc2ccccc2CC1C(=O)O. The summed E-state index contributed by atoms with van der Waals surface area (Å²) in [4.78, 5) is 37.9. The zero-order valence-corrected chi connectivity index (χ0v) is 16.8. The molecule has 1 aliphatic rings. The molecule has 2 aromatic carbocycles. The lowest BCUT2D eigenvalue weighted by Crippen LogP contribution is -2.56. The summed E-state index contributed by atoms with van der Waals surface area (Å²) in [6, 6.07) is 14.3. The van der Waals surface area contributed by atoms with Crippen LogP contribution in [0.15, 0.2) is 54.6 Å². The van der Waals surface area contributed by atoms with Crippen LogP contribution in [0.25, 0.3) is 0 Å². The summed E-state index contributed by atoms with van der Waals surface area (Å²) in [6.07, 6.45) is 1.11. The van der Waals surface area contributed by atoms with E-state index in [9.17, 15) is 24.6 Å². The first kappa shape index (κ1) is 21.5. The summed E-state index contributed by atoms with van der Waals surface area (Å²) in [6.45, 7) is 1.78. The predicted octanol–water partition coefficient (Wildman–Crippen LogP) is 2.09. The first-order valence-electron chi connectivity index (χ1n) is 9.99. The van der Waals surface area contributed by atoms with Crippen molar-refractivity contribution in [2.45, 2.75) is 50.9 Å². The number of carboxylic acid groups (broad SMARTS) is 2. The van der Waals surface area contributed by atoms with Gasteiger partial charge in [-0.15, -0.1) is 0 Å². The van der Waals surface area contributed by atoms with Crippen molar-refractivity contribution >= 4 is 17.8 Å². The lowest BCUT2D eigenvalue weighted by Gasteiger charge is -2.36. The molecule has 158 valence electrons. The molecule has 1 amide bonds. The van der Waals surface area contributed by atoms with Gasteiger partial charge in [0.2, 0.25) is 5.91 Å². The molecule has 3 rings (SSSR count). The Hall–Kier alpha value is -3.19. The Morgan fingerprint density at radius 2 is 1.67 bits per heavy atom. The van der Waals surface area contributed by atoms with E-state index in [0.717, 1.165) is 16.7 Å². The maximum atomic E-state index is 13.1. The van der Waals surface area contributed by atoms with Gasteiger partial charge in [0, 0.05) is 13.0 Å². The molecular weight excluding hydrogens is 384 g/mol. The molecular formula is C23H26N2O5. The van der Waals surface area contributed by atoms with Crippen LogP contribution in [-0.2, 0) is 33.8 Å². The molecule has 2 unspecified atom stereocenters. The molecule has 1 heterocycles. The molecule has 0 radical (unpaired) electrons. The van der Waals surface area contributed by atoms with Crippen LogP contribution >= 0.6 is 0 Å². The van der Waals surface area contributed by atoms with E-state index in [1.165, 1.54) is 4.90 Å². The Balaban J connectivity index is 1.69. The van der Waals surface area contributed by atoms with Crippen molar-refractivity contribution in [3.63, 3.8) is 0 Å². The third-order valence-corrected chi connectivity index (χ3v) is 5.50. The number of rotatable bonds is 8. The molecule has 3 N–H and O–H groups in total.